The van der Waals surface area contributed by atoms with Crippen LogP contribution in [0.15, 0.2) is 30.6 Å². The van der Waals surface area contributed by atoms with Crippen LogP contribution in [0, 0.1) is 0 Å². The Hall–Kier alpha value is -1.36. The van der Waals surface area contributed by atoms with E-state index in [-0.39, 0.29) is 0 Å². The Morgan fingerprint density at radius 1 is 1.25 bits per heavy atom. The van der Waals surface area contributed by atoms with Gasteiger partial charge in [0, 0.05) is 4.88 Å². The van der Waals surface area contributed by atoms with Crippen molar-refractivity contribution < 1.29 is 0 Å². The molecular formula is C14H11Cl2N3S. The maximum atomic E-state index is 6.19. The summed E-state index contributed by atoms with van der Waals surface area (Å²) in [4.78, 5) is 10.9. The van der Waals surface area contributed by atoms with Gasteiger partial charge in [-0.15, -0.1) is 11.3 Å². The van der Waals surface area contributed by atoms with E-state index in [1.165, 1.54) is 4.88 Å². The highest BCUT2D eigenvalue weighted by Crippen LogP contribution is 2.34. The maximum absolute atomic E-state index is 6.19. The summed E-state index contributed by atoms with van der Waals surface area (Å²) in [5.41, 5.74) is 0.739. The van der Waals surface area contributed by atoms with E-state index in [0.29, 0.717) is 10.0 Å². The van der Waals surface area contributed by atoms with Gasteiger partial charge in [0.2, 0.25) is 0 Å². The number of aromatic nitrogens is 2. The number of benzene rings is 1. The van der Waals surface area contributed by atoms with Crippen molar-refractivity contribution in [1.82, 2.24) is 9.97 Å². The minimum Gasteiger partial charge on any atom is -0.338 e. The summed E-state index contributed by atoms with van der Waals surface area (Å²) in [5.74, 6) is 0.745. The number of halogens is 2. The number of rotatable bonds is 3. The van der Waals surface area contributed by atoms with Crippen LogP contribution in [0.5, 0.6) is 0 Å². The summed E-state index contributed by atoms with van der Waals surface area (Å²) in [6, 6.07) is 7.58. The summed E-state index contributed by atoms with van der Waals surface area (Å²) in [7, 11) is 0. The Morgan fingerprint density at radius 3 is 2.90 bits per heavy atom. The van der Waals surface area contributed by atoms with Crippen LogP contribution in [-0.2, 0) is 6.42 Å². The molecule has 0 aliphatic heterocycles. The quantitative estimate of drug-likeness (QED) is 0.710. The van der Waals surface area contributed by atoms with Crippen molar-refractivity contribution in [3.63, 3.8) is 0 Å². The van der Waals surface area contributed by atoms with Crippen LogP contribution in [0.1, 0.15) is 11.8 Å². The number of hydrogen-bond donors (Lipinski definition) is 1. The molecule has 102 valence electrons. The van der Waals surface area contributed by atoms with Crippen LogP contribution in [0.25, 0.3) is 10.2 Å². The highest BCUT2D eigenvalue weighted by atomic mass is 35.5. The second-order valence-corrected chi connectivity index (χ2v) is 6.13. The van der Waals surface area contributed by atoms with E-state index in [2.05, 4.69) is 28.3 Å². The standard InChI is InChI=1S/C14H11Cl2N3S/c1-2-8-6-9-13(17-7-18-14(9)20-8)19-11-5-3-4-10(15)12(11)16/h3-7H,2H2,1H3,(H,17,18,19). The molecule has 1 aromatic carbocycles. The van der Waals surface area contributed by atoms with Gasteiger partial charge in [0.25, 0.3) is 0 Å². The van der Waals surface area contributed by atoms with E-state index in [0.717, 1.165) is 28.1 Å². The van der Waals surface area contributed by atoms with Crippen LogP contribution in [0.3, 0.4) is 0 Å². The summed E-state index contributed by atoms with van der Waals surface area (Å²) in [6.45, 7) is 2.12. The van der Waals surface area contributed by atoms with E-state index in [4.69, 9.17) is 23.2 Å². The van der Waals surface area contributed by atoms with Crippen LogP contribution in [0.2, 0.25) is 10.0 Å². The lowest BCUT2D eigenvalue weighted by Crippen LogP contribution is -1.95. The molecule has 20 heavy (non-hydrogen) atoms. The predicted molar refractivity (Wildman–Crippen MR) is 86.5 cm³/mol. The van der Waals surface area contributed by atoms with Crippen molar-refractivity contribution in [2.45, 2.75) is 13.3 Å². The summed E-state index contributed by atoms with van der Waals surface area (Å²) >= 11 is 13.9. The first-order valence-corrected chi connectivity index (χ1v) is 7.70. The molecule has 3 nitrogen and oxygen atoms in total. The Balaban J connectivity index is 2.06. The van der Waals surface area contributed by atoms with Gasteiger partial charge in [-0.3, -0.25) is 0 Å². The number of fused-ring (bicyclic) bond motifs is 1. The molecule has 6 heteroatoms. The van der Waals surface area contributed by atoms with Crippen molar-refractivity contribution in [3.8, 4) is 0 Å². The zero-order valence-corrected chi connectivity index (χ0v) is 13.0. The number of thiophene rings is 1. The molecule has 0 saturated carbocycles. The molecule has 3 aromatic rings. The van der Waals surface area contributed by atoms with Crippen LogP contribution >= 0.6 is 34.5 Å². The number of anilines is 2. The zero-order valence-electron chi connectivity index (χ0n) is 10.7. The Kier molecular flexibility index (Phi) is 3.78. The van der Waals surface area contributed by atoms with Crippen molar-refractivity contribution in [2.75, 3.05) is 5.32 Å². The van der Waals surface area contributed by atoms with Gasteiger partial charge < -0.3 is 5.32 Å². The first-order valence-electron chi connectivity index (χ1n) is 6.13. The normalized spacial score (nSPS) is 10.9. The lowest BCUT2D eigenvalue weighted by Gasteiger charge is -2.08. The fourth-order valence-corrected chi connectivity index (χ4v) is 3.19. The first kappa shape index (κ1) is 13.6. The van der Waals surface area contributed by atoms with Crippen LogP contribution in [0.4, 0.5) is 11.5 Å². The van der Waals surface area contributed by atoms with Crippen molar-refractivity contribution in [2.24, 2.45) is 0 Å². The van der Waals surface area contributed by atoms with E-state index in [1.807, 2.05) is 12.1 Å². The lowest BCUT2D eigenvalue weighted by molar-refractivity contribution is 1.19. The lowest BCUT2D eigenvalue weighted by atomic mass is 10.3. The summed E-state index contributed by atoms with van der Waals surface area (Å²) in [5, 5.41) is 5.25. The molecule has 0 bridgehead atoms. The number of nitrogens with one attached hydrogen (secondary N) is 1. The Morgan fingerprint density at radius 2 is 2.10 bits per heavy atom. The minimum absolute atomic E-state index is 0.492. The minimum atomic E-state index is 0.492. The van der Waals surface area contributed by atoms with E-state index < -0.39 is 0 Å². The van der Waals surface area contributed by atoms with Crippen molar-refractivity contribution in [1.29, 1.82) is 0 Å². The third-order valence-corrected chi connectivity index (χ3v) is 4.94. The van der Waals surface area contributed by atoms with Gasteiger partial charge in [-0.2, -0.15) is 0 Å². The summed E-state index contributed by atoms with van der Waals surface area (Å²) < 4.78 is 0. The SMILES string of the molecule is CCc1cc2c(Nc3cccc(Cl)c3Cl)ncnc2s1. The first-order chi connectivity index (χ1) is 9.69. The highest BCUT2D eigenvalue weighted by Gasteiger charge is 2.10. The third-order valence-electron chi connectivity index (χ3n) is 2.93. The molecule has 0 unspecified atom stereocenters. The average molecular weight is 324 g/mol. The average Bonchev–Trinajstić information content (AvgIpc) is 2.88. The number of aryl methyl sites for hydroxylation is 1. The molecule has 0 radical (unpaired) electrons. The van der Waals surface area contributed by atoms with Crippen molar-refractivity contribution in [3.05, 3.63) is 45.5 Å². The van der Waals surface area contributed by atoms with Gasteiger partial charge in [-0.05, 0) is 24.6 Å². The smallest absolute Gasteiger partial charge is 0.142 e. The number of nitrogens with zero attached hydrogens (tertiary/aromatic N) is 2. The molecule has 2 heterocycles. The van der Waals surface area contributed by atoms with Crippen molar-refractivity contribution >= 4 is 56.3 Å². The molecule has 1 N–H and O–H groups in total. The van der Waals surface area contributed by atoms with Crippen LogP contribution in [-0.4, -0.2) is 9.97 Å². The topological polar surface area (TPSA) is 37.8 Å². The van der Waals surface area contributed by atoms with Gasteiger partial charge >= 0.3 is 0 Å². The predicted octanol–water partition coefficient (Wildman–Crippen LogP) is 5.30. The Labute approximate surface area is 130 Å². The van der Waals surface area contributed by atoms with Gasteiger partial charge in [0.1, 0.15) is 17.0 Å². The molecule has 0 amide bonds. The molecule has 0 fully saturated rings. The van der Waals surface area contributed by atoms with Gasteiger partial charge in [0.15, 0.2) is 0 Å². The highest BCUT2D eigenvalue weighted by molar-refractivity contribution is 7.18. The van der Waals surface area contributed by atoms with Gasteiger partial charge in [0.05, 0.1) is 21.1 Å². The monoisotopic (exact) mass is 323 g/mol. The second kappa shape index (κ2) is 5.56. The third kappa shape index (κ3) is 2.46. The van der Waals surface area contributed by atoms with Gasteiger partial charge in [-0.1, -0.05) is 36.2 Å². The fraction of sp³-hybridized carbons (Fsp3) is 0.143. The largest absolute Gasteiger partial charge is 0.338 e. The molecule has 2 aromatic heterocycles. The van der Waals surface area contributed by atoms with Gasteiger partial charge in [-0.25, -0.2) is 9.97 Å². The van der Waals surface area contributed by atoms with E-state index in [9.17, 15) is 0 Å². The molecular weight excluding hydrogens is 313 g/mol. The molecule has 0 spiro atoms. The Bertz CT molecular complexity index is 770. The molecule has 0 atom stereocenters. The van der Waals surface area contributed by atoms with E-state index in [1.54, 1.807) is 23.7 Å². The number of hydrogen-bond acceptors (Lipinski definition) is 4. The molecule has 0 saturated heterocycles. The van der Waals surface area contributed by atoms with Crippen LogP contribution < -0.4 is 5.32 Å². The molecule has 3 rings (SSSR count). The fourth-order valence-electron chi connectivity index (χ4n) is 1.91. The molecule has 0 aliphatic carbocycles. The molecule has 0 aliphatic rings. The summed E-state index contributed by atoms with van der Waals surface area (Å²) in [6.07, 6.45) is 2.54. The van der Waals surface area contributed by atoms with E-state index >= 15 is 0 Å². The zero-order chi connectivity index (χ0) is 14.1. The maximum Gasteiger partial charge on any atom is 0.142 e. The second-order valence-electron chi connectivity index (χ2n) is 4.23.